The molecule has 106 valence electrons. The van der Waals surface area contributed by atoms with Crippen LogP contribution in [-0.2, 0) is 0 Å². The number of aryl methyl sites for hydroxylation is 1. The molecule has 0 amide bonds. The van der Waals surface area contributed by atoms with Crippen LogP contribution in [0.15, 0.2) is 54.7 Å². The van der Waals surface area contributed by atoms with Crippen molar-refractivity contribution in [3.05, 3.63) is 70.5 Å². The average molecular weight is 318 g/mol. The molecular formula is C16H13Cl2N3. The van der Waals surface area contributed by atoms with Crippen molar-refractivity contribution in [2.24, 2.45) is 0 Å². The number of hydrogen-bond donors (Lipinski definition) is 1. The summed E-state index contributed by atoms with van der Waals surface area (Å²) in [5, 5.41) is 4.54. The number of para-hydroxylation sites is 1. The molecule has 2 aromatic carbocycles. The first-order valence-corrected chi connectivity index (χ1v) is 7.22. The van der Waals surface area contributed by atoms with Gasteiger partial charge in [-0.1, -0.05) is 41.4 Å². The van der Waals surface area contributed by atoms with Gasteiger partial charge in [-0.15, -0.1) is 0 Å². The van der Waals surface area contributed by atoms with Crippen LogP contribution in [0.2, 0.25) is 10.0 Å². The second-order valence-electron chi connectivity index (χ2n) is 4.66. The number of nitrogens with one attached hydrogen (secondary N) is 1. The Labute approximate surface area is 133 Å². The van der Waals surface area contributed by atoms with E-state index in [-0.39, 0.29) is 0 Å². The van der Waals surface area contributed by atoms with E-state index in [4.69, 9.17) is 23.2 Å². The van der Waals surface area contributed by atoms with E-state index in [1.165, 1.54) is 0 Å². The highest BCUT2D eigenvalue weighted by molar-refractivity contribution is 6.34. The van der Waals surface area contributed by atoms with E-state index in [0.29, 0.717) is 16.0 Å². The van der Waals surface area contributed by atoms with Crippen molar-refractivity contribution < 1.29 is 0 Å². The molecule has 3 aromatic rings. The molecule has 0 aliphatic carbocycles. The van der Waals surface area contributed by atoms with Crippen molar-refractivity contribution in [2.45, 2.75) is 6.92 Å². The lowest BCUT2D eigenvalue weighted by Crippen LogP contribution is -2.01. The Bertz CT molecular complexity index is 766. The van der Waals surface area contributed by atoms with Gasteiger partial charge in [-0.05, 0) is 37.3 Å². The Morgan fingerprint density at radius 1 is 1.05 bits per heavy atom. The molecule has 0 bridgehead atoms. The predicted octanol–water partition coefficient (Wildman–Crippen LogP) is 5.23. The fourth-order valence-corrected chi connectivity index (χ4v) is 2.47. The molecule has 0 saturated carbocycles. The molecule has 5 heteroatoms. The minimum absolute atomic E-state index is 0.618. The molecule has 1 N–H and O–H groups in total. The van der Waals surface area contributed by atoms with Gasteiger partial charge >= 0.3 is 0 Å². The van der Waals surface area contributed by atoms with Crippen LogP contribution in [0.3, 0.4) is 0 Å². The average Bonchev–Trinajstić information content (AvgIpc) is 2.83. The quantitative estimate of drug-likeness (QED) is 0.716. The molecular weight excluding hydrogens is 305 g/mol. The molecule has 1 heterocycles. The van der Waals surface area contributed by atoms with Crippen LogP contribution in [0, 0.1) is 6.92 Å². The maximum atomic E-state index is 6.28. The molecule has 0 spiro atoms. The molecule has 0 aliphatic rings. The van der Waals surface area contributed by atoms with Gasteiger partial charge < -0.3 is 5.32 Å². The number of hydrogen-bond acceptors (Lipinski definition) is 2. The molecule has 3 rings (SSSR count). The first-order valence-electron chi connectivity index (χ1n) is 6.47. The Kier molecular flexibility index (Phi) is 3.86. The number of benzene rings is 2. The van der Waals surface area contributed by atoms with E-state index in [1.807, 2.05) is 54.1 Å². The van der Waals surface area contributed by atoms with Gasteiger partial charge in [-0.25, -0.2) is 4.98 Å². The topological polar surface area (TPSA) is 29.9 Å². The Balaban J connectivity index is 2.05. The van der Waals surface area contributed by atoms with Gasteiger partial charge in [0.1, 0.15) is 0 Å². The van der Waals surface area contributed by atoms with Crippen LogP contribution in [0.1, 0.15) is 5.69 Å². The molecule has 3 nitrogen and oxygen atoms in total. The first-order chi connectivity index (χ1) is 10.1. The number of anilines is 2. The van der Waals surface area contributed by atoms with Crippen molar-refractivity contribution in [3.63, 3.8) is 0 Å². The fourth-order valence-electron chi connectivity index (χ4n) is 2.09. The SMILES string of the molecule is Cc1cn(-c2cc(Cl)ccc2Cl)c(Nc2ccccc2)n1. The van der Waals surface area contributed by atoms with Gasteiger partial charge in [0.25, 0.3) is 0 Å². The third kappa shape index (κ3) is 3.04. The van der Waals surface area contributed by atoms with Gasteiger partial charge in [0.15, 0.2) is 0 Å². The molecule has 1 aromatic heterocycles. The number of imidazole rings is 1. The summed E-state index contributed by atoms with van der Waals surface area (Å²) in [5.74, 6) is 0.697. The highest BCUT2D eigenvalue weighted by atomic mass is 35.5. The first kappa shape index (κ1) is 14.0. The van der Waals surface area contributed by atoms with Crippen LogP contribution in [-0.4, -0.2) is 9.55 Å². The number of rotatable bonds is 3. The normalized spacial score (nSPS) is 10.6. The summed E-state index contributed by atoms with van der Waals surface area (Å²) in [6.07, 6.45) is 1.92. The van der Waals surface area contributed by atoms with Crippen molar-refractivity contribution in [2.75, 3.05) is 5.32 Å². The number of halogens is 2. The van der Waals surface area contributed by atoms with Gasteiger partial charge in [-0.2, -0.15) is 0 Å². The molecule has 21 heavy (non-hydrogen) atoms. The highest BCUT2D eigenvalue weighted by Gasteiger charge is 2.11. The standard InChI is InChI=1S/C16H13Cl2N3/c1-11-10-21(15-9-12(17)7-8-14(15)18)16(19-11)20-13-5-3-2-4-6-13/h2-10H,1H3,(H,19,20). The van der Waals surface area contributed by atoms with E-state index >= 15 is 0 Å². The van der Waals surface area contributed by atoms with Crippen LogP contribution in [0.4, 0.5) is 11.6 Å². The third-order valence-electron chi connectivity index (χ3n) is 3.02. The summed E-state index contributed by atoms with van der Waals surface area (Å²) in [6.45, 7) is 1.94. The largest absolute Gasteiger partial charge is 0.325 e. The van der Waals surface area contributed by atoms with Gasteiger partial charge in [-0.3, -0.25) is 4.57 Å². The zero-order valence-corrected chi connectivity index (χ0v) is 12.9. The summed E-state index contributed by atoms with van der Waals surface area (Å²) in [4.78, 5) is 4.50. The maximum absolute atomic E-state index is 6.28. The second kappa shape index (κ2) is 5.80. The zero-order valence-electron chi connectivity index (χ0n) is 11.3. The van der Waals surface area contributed by atoms with Gasteiger partial charge in [0, 0.05) is 16.9 Å². The minimum atomic E-state index is 0.618. The van der Waals surface area contributed by atoms with Crippen molar-refractivity contribution in [3.8, 4) is 5.69 Å². The van der Waals surface area contributed by atoms with E-state index in [1.54, 1.807) is 12.1 Å². The van der Waals surface area contributed by atoms with Crippen molar-refractivity contribution >= 4 is 34.8 Å². The molecule has 0 aliphatic heterocycles. The Morgan fingerprint density at radius 3 is 2.57 bits per heavy atom. The number of nitrogens with zero attached hydrogens (tertiary/aromatic N) is 2. The van der Waals surface area contributed by atoms with E-state index in [2.05, 4.69) is 10.3 Å². The Hall–Kier alpha value is -1.97. The van der Waals surface area contributed by atoms with Crippen LogP contribution >= 0.6 is 23.2 Å². The molecule has 0 atom stereocenters. The maximum Gasteiger partial charge on any atom is 0.212 e. The fraction of sp³-hybridized carbons (Fsp3) is 0.0625. The molecule has 0 unspecified atom stereocenters. The Morgan fingerprint density at radius 2 is 1.81 bits per heavy atom. The monoisotopic (exact) mass is 317 g/mol. The smallest absolute Gasteiger partial charge is 0.212 e. The summed E-state index contributed by atoms with van der Waals surface area (Å²) >= 11 is 12.4. The zero-order chi connectivity index (χ0) is 14.8. The number of aromatic nitrogens is 2. The van der Waals surface area contributed by atoms with E-state index < -0.39 is 0 Å². The summed E-state index contributed by atoms with van der Waals surface area (Å²) in [6, 6.07) is 15.2. The van der Waals surface area contributed by atoms with Crippen LogP contribution in [0.25, 0.3) is 5.69 Å². The van der Waals surface area contributed by atoms with E-state index in [9.17, 15) is 0 Å². The van der Waals surface area contributed by atoms with E-state index in [0.717, 1.165) is 17.1 Å². The highest BCUT2D eigenvalue weighted by Crippen LogP contribution is 2.28. The molecule has 0 saturated heterocycles. The van der Waals surface area contributed by atoms with Gasteiger partial charge in [0.2, 0.25) is 5.95 Å². The summed E-state index contributed by atoms with van der Waals surface area (Å²) in [5.41, 5.74) is 2.65. The summed E-state index contributed by atoms with van der Waals surface area (Å²) < 4.78 is 1.90. The van der Waals surface area contributed by atoms with Crippen LogP contribution in [0.5, 0.6) is 0 Å². The summed E-state index contributed by atoms with van der Waals surface area (Å²) in [7, 11) is 0. The lowest BCUT2D eigenvalue weighted by molar-refractivity contribution is 1.06. The molecule has 0 radical (unpaired) electrons. The third-order valence-corrected chi connectivity index (χ3v) is 3.58. The lowest BCUT2D eigenvalue weighted by atomic mass is 10.3. The van der Waals surface area contributed by atoms with Gasteiger partial charge in [0.05, 0.1) is 16.4 Å². The van der Waals surface area contributed by atoms with Crippen LogP contribution < -0.4 is 5.32 Å². The molecule has 0 fully saturated rings. The second-order valence-corrected chi connectivity index (χ2v) is 5.51. The van der Waals surface area contributed by atoms with Crippen molar-refractivity contribution in [1.29, 1.82) is 0 Å². The minimum Gasteiger partial charge on any atom is -0.325 e. The predicted molar refractivity (Wildman–Crippen MR) is 88.0 cm³/mol. The lowest BCUT2D eigenvalue weighted by Gasteiger charge is -2.11. The van der Waals surface area contributed by atoms with Crippen molar-refractivity contribution in [1.82, 2.24) is 9.55 Å².